The lowest BCUT2D eigenvalue weighted by Gasteiger charge is -2.10. The summed E-state index contributed by atoms with van der Waals surface area (Å²) in [7, 11) is 5.16. The van der Waals surface area contributed by atoms with Crippen molar-refractivity contribution in [1.82, 2.24) is 14.8 Å². The Hall–Kier alpha value is -3.00. The summed E-state index contributed by atoms with van der Waals surface area (Å²) in [5.74, 6) is 3.64. The summed E-state index contributed by atoms with van der Waals surface area (Å²) >= 11 is 1.63. The molecule has 0 amide bonds. The average molecular weight is 413 g/mol. The quantitative estimate of drug-likeness (QED) is 0.284. The van der Waals surface area contributed by atoms with E-state index in [1.165, 1.54) is 0 Å². The van der Waals surface area contributed by atoms with Gasteiger partial charge in [-0.15, -0.1) is 10.2 Å². The minimum atomic E-state index is 0.535. The number of aromatic nitrogens is 3. The molecule has 3 rings (SSSR count). The number of benzene rings is 2. The Morgan fingerprint density at radius 2 is 1.83 bits per heavy atom. The second-order valence-electron chi connectivity index (χ2n) is 6.17. The number of rotatable bonds is 10. The Kier molecular flexibility index (Phi) is 7.13. The Morgan fingerprint density at radius 3 is 2.52 bits per heavy atom. The minimum Gasteiger partial charge on any atom is -0.497 e. The van der Waals surface area contributed by atoms with Crippen LogP contribution in [0, 0.1) is 0 Å². The van der Waals surface area contributed by atoms with Gasteiger partial charge in [-0.2, -0.15) is 0 Å². The molecule has 0 aliphatic carbocycles. The molecule has 0 bridgehead atoms. The van der Waals surface area contributed by atoms with E-state index in [2.05, 4.69) is 10.2 Å². The number of aldehydes is 1. The summed E-state index contributed by atoms with van der Waals surface area (Å²) in [6.07, 6.45) is 1.61. The Bertz CT molecular complexity index is 957. The van der Waals surface area contributed by atoms with Gasteiger partial charge in [-0.3, -0.25) is 4.79 Å². The highest BCUT2D eigenvalue weighted by Crippen LogP contribution is 2.28. The normalized spacial score (nSPS) is 10.6. The number of nitrogens with zero attached hydrogens (tertiary/aromatic N) is 3. The highest BCUT2D eigenvalue weighted by atomic mass is 32.2. The van der Waals surface area contributed by atoms with Crippen LogP contribution in [0.4, 0.5) is 0 Å². The maximum absolute atomic E-state index is 10.9. The van der Waals surface area contributed by atoms with Crippen LogP contribution in [0.15, 0.2) is 47.6 Å². The molecule has 1 heterocycles. The first-order valence-electron chi connectivity index (χ1n) is 9.09. The zero-order valence-corrected chi connectivity index (χ0v) is 17.4. The number of carbonyl (C=O) groups excluding carboxylic acids is 1. The van der Waals surface area contributed by atoms with Crippen LogP contribution in [0.1, 0.15) is 16.8 Å². The monoisotopic (exact) mass is 413 g/mol. The summed E-state index contributed by atoms with van der Waals surface area (Å²) < 4.78 is 18.2. The zero-order valence-electron chi connectivity index (χ0n) is 16.6. The molecule has 0 saturated carbocycles. The lowest BCUT2D eigenvalue weighted by molar-refractivity contribution is 0.112. The molecule has 0 unspecified atom stereocenters. The van der Waals surface area contributed by atoms with Crippen LogP contribution in [0.25, 0.3) is 11.4 Å². The summed E-state index contributed by atoms with van der Waals surface area (Å²) in [6, 6.07) is 12.9. The van der Waals surface area contributed by atoms with Crippen LogP contribution < -0.4 is 14.2 Å². The molecule has 29 heavy (non-hydrogen) atoms. The largest absolute Gasteiger partial charge is 0.497 e. The van der Waals surface area contributed by atoms with Gasteiger partial charge < -0.3 is 18.8 Å². The predicted octanol–water partition coefficient (Wildman–Crippen LogP) is 3.87. The van der Waals surface area contributed by atoms with Crippen molar-refractivity contribution < 1.29 is 19.0 Å². The third kappa shape index (κ3) is 5.08. The van der Waals surface area contributed by atoms with Gasteiger partial charge >= 0.3 is 0 Å². The number of carbonyl (C=O) groups is 1. The number of hydrogen-bond donors (Lipinski definition) is 0. The van der Waals surface area contributed by atoms with E-state index in [4.69, 9.17) is 14.2 Å². The maximum Gasteiger partial charge on any atom is 0.191 e. The number of thioether (sulfide) groups is 1. The van der Waals surface area contributed by atoms with Gasteiger partial charge in [0.15, 0.2) is 22.5 Å². The van der Waals surface area contributed by atoms with Gasteiger partial charge in [0.2, 0.25) is 0 Å². The standard InChI is InChI=1S/C21H23N3O4S/c1-24-20(16-6-8-17(26-2)9-7-16)22-23-21(24)29-12-4-11-28-18-10-5-15(14-25)13-19(18)27-3/h5-10,13-14H,4,11-12H2,1-3H3. The number of hydrogen-bond acceptors (Lipinski definition) is 7. The van der Waals surface area contributed by atoms with E-state index in [0.29, 0.717) is 23.7 Å². The maximum atomic E-state index is 10.9. The Morgan fingerprint density at radius 1 is 1.03 bits per heavy atom. The first kappa shape index (κ1) is 20.7. The van der Waals surface area contributed by atoms with Crippen molar-refractivity contribution in [2.45, 2.75) is 11.6 Å². The summed E-state index contributed by atoms with van der Waals surface area (Å²) in [5.41, 5.74) is 1.54. The van der Waals surface area contributed by atoms with E-state index in [9.17, 15) is 4.79 Å². The molecule has 0 aliphatic heterocycles. The van der Waals surface area contributed by atoms with Crippen molar-refractivity contribution in [1.29, 1.82) is 0 Å². The minimum absolute atomic E-state index is 0.535. The van der Waals surface area contributed by atoms with E-state index < -0.39 is 0 Å². The average Bonchev–Trinajstić information content (AvgIpc) is 3.13. The van der Waals surface area contributed by atoms with Gasteiger partial charge in [-0.25, -0.2) is 0 Å². The number of ether oxygens (including phenoxy) is 3. The smallest absolute Gasteiger partial charge is 0.191 e. The molecule has 0 aliphatic rings. The molecule has 0 fully saturated rings. The molecule has 3 aromatic rings. The van der Waals surface area contributed by atoms with Crippen LogP contribution in [0.5, 0.6) is 17.2 Å². The number of methoxy groups -OCH3 is 2. The molecule has 0 N–H and O–H groups in total. The van der Waals surface area contributed by atoms with E-state index in [1.54, 1.807) is 44.2 Å². The van der Waals surface area contributed by atoms with Crippen molar-refractivity contribution in [3.8, 4) is 28.6 Å². The SMILES string of the molecule is COc1ccc(-c2nnc(SCCCOc3ccc(C=O)cc3OC)n2C)cc1. The zero-order chi connectivity index (χ0) is 20.6. The van der Waals surface area contributed by atoms with Gasteiger partial charge in [0.1, 0.15) is 12.0 Å². The first-order chi connectivity index (χ1) is 14.2. The van der Waals surface area contributed by atoms with Gasteiger partial charge in [-0.05, 0) is 48.9 Å². The second-order valence-corrected chi connectivity index (χ2v) is 7.23. The van der Waals surface area contributed by atoms with E-state index in [-0.39, 0.29) is 0 Å². The first-order valence-corrected chi connectivity index (χ1v) is 10.1. The van der Waals surface area contributed by atoms with Crippen molar-refractivity contribution in [3.05, 3.63) is 48.0 Å². The van der Waals surface area contributed by atoms with Crippen LogP contribution in [0.2, 0.25) is 0 Å². The summed E-state index contributed by atoms with van der Waals surface area (Å²) in [6.45, 7) is 0.535. The van der Waals surface area contributed by atoms with E-state index >= 15 is 0 Å². The fourth-order valence-corrected chi connectivity index (χ4v) is 3.54. The third-order valence-corrected chi connectivity index (χ3v) is 5.39. The topological polar surface area (TPSA) is 75.5 Å². The fraction of sp³-hybridized carbons (Fsp3) is 0.286. The molecule has 8 heteroatoms. The molecule has 0 atom stereocenters. The van der Waals surface area contributed by atoms with Gasteiger partial charge in [0, 0.05) is 23.9 Å². The lowest BCUT2D eigenvalue weighted by Crippen LogP contribution is -2.02. The van der Waals surface area contributed by atoms with Crippen molar-refractivity contribution in [2.24, 2.45) is 7.05 Å². The molecule has 152 valence electrons. The third-order valence-electron chi connectivity index (χ3n) is 4.28. The van der Waals surface area contributed by atoms with E-state index in [1.807, 2.05) is 35.9 Å². The van der Waals surface area contributed by atoms with Crippen LogP contribution in [0.3, 0.4) is 0 Å². The van der Waals surface area contributed by atoms with Crippen LogP contribution in [-0.2, 0) is 7.05 Å². The molecule has 7 nitrogen and oxygen atoms in total. The molecule has 0 spiro atoms. The summed E-state index contributed by atoms with van der Waals surface area (Å²) in [5, 5.41) is 9.44. The van der Waals surface area contributed by atoms with Gasteiger partial charge in [0.05, 0.1) is 20.8 Å². The molecule has 1 aromatic heterocycles. The predicted molar refractivity (Wildman–Crippen MR) is 112 cm³/mol. The molecule has 0 saturated heterocycles. The van der Waals surface area contributed by atoms with Crippen LogP contribution in [-0.4, -0.2) is 47.6 Å². The highest BCUT2D eigenvalue weighted by molar-refractivity contribution is 7.99. The lowest BCUT2D eigenvalue weighted by atomic mass is 10.2. The van der Waals surface area contributed by atoms with Crippen molar-refractivity contribution >= 4 is 18.0 Å². The Labute approximate surface area is 174 Å². The summed E-state index contributed by atoms with van der Waals surface area (Å²) in [4.78, 5) is 10.9. The molecular weight excluding hydrogens is 390 g/mol. The highest BCUT2D eigenvalue weighted by Gasteiger charge is 2.11. The molecular formula is C21H23N3O4S. The van der Waals surface area contributed by atoms with Crippen molar-refractivity contribution in [3.63, 3.8) is 0 Å². The molecule has 0 radical (unpaired) electrons. The van der Waals surface area contributed by atoms with E-state index in [0.717, 1.165) is 40.8 Å². The van der Waals surface area contributed by atoms with Gasteiger partial charge in [-0.1, -0.05) is 11.8 Å². The second kappa shape index (κ2) is 9.97. The molecule has 2 aromatic carbocycles. The van der Waals surface area contributed by atoms with Crippen molar-refractivity contribution in [2.75, 3.05) is 26.6 Å². The van der Waals surface area contributed by atoms with Crippen LogP contribution >= 0.6 is 11.8 Å². The fourth-order valence-electron chi connectivity index (χ4n) is 2.71. The Balaban J connectivity index is 1.51. The van der Waals surface area contributed by atoms with Gasteiger partial charge in [0.25, 0.3) is 0 Å².